The lowest BCUT2D eigenvalue weighted by Gasteiger charge is -2.32. The first kappa shape index (κ1) is 13.2. The molecule has 0 unspecified atom stereocenters. The summed E-state index contributed by atoms with van der Waals surface area (Å²) >= 11 is 0. The second-order valence-corrected chi connectivity index (χ2v) is 4.55. The Hall–Kier alpha value is -0.863. The summed E-state index contributed by atoms with van der Waals surface area (Å²) in [6.45, 7) is 6.57. The molecule has 1 aromatic carbocycles. The van der Waals surface area contributed by atoms with Crippen molar-refractivity contribution in [3.05, 3.63) is 41.5 Å². The zero-order valence-electron chi connectivity index (χ0n) is 10.8. The van der Waals surface area contributed by atoms with E-state index in [-0.39, 0.29) is 5.60 Å². The van der Waals surface area contributed by atoms with E-state index in [9.17, 15) is 0 Å². The Morgan fingerprint density at radius 3 is 2.25 bits per heavy atom. The monoisotopic (exact) mass is 234 g/mol. The standard InChI is InChI=1S/C14H22OSi/c1-4-14(5-2,15-16)12(3)11-13-9-7-6-8-10-13/h6-11H,4-5H2,1-3,16H3. The number of hydrogen-bond donors (Lipinski definition) is 0. The molecule has 0 fully saturated rings. The van der Waals surface area contributed by atoms with Crippen molar-refractivity contribution in [1.29, 1.82) is 0 Å². The van der Waals surface area contributed by atoms with Crippen LogP contribution >= 0.6 is 0 Å². The smallest absolute Gasteiger partial charge is 0.147 e. The molecule has 0 aliphatic rings. The highest BCUT2D eigenvalue weighted by Crippen LogP contribution is 2.29. The number of hydrogen-bond acceptors (Lipinski definition) is 1. The van der Waals surface area contributed by atoms with E-state index in [0.717, 1.165) is 23.3 Å². The molecule has 0 radical (unpaired) electrons. The van der Waals surface area contributed by atoms with Gasteiger partial charge >= 0.3 is 0 Å². The summed E-state index contributed by atoms with van der Waals surface area (Å²) in [4.78, 5) is 0. The molecule has 0 bridgehead atoms. The minimum Gasteiger partial charge on any atom is -0.419 e. The van der Waals surface area contributed by atoms with Gasteiger partial charge in [0.25, 0.3) is 0 Å². The van der Waals surface area contributed by atoms with Gasteiger partial charge in [0.1, 0.15) is 10.5 Å². The highest BCUT2D eigenvalue weighted by Gasteiger charge is 2.26. The van der Waals surface area contributed by atoms with Crippen LogP contribution in [0.15, 0.2) is 35.9 Å². The first-order valence-corrected chi connectivity index (χ1v) is 6.79. The van der Waals surface area contributed by atoms with Crippen LogP contribution in [0.3, 0.4) is 0 Å². The van der Waals surface area contributed by atoms with E-state index in [1.165, 1.54) is 11.1 Å². The molecule has 0 saturated carbocycles. The summed E-state index contributed by atoms with van der Waals surface area (Å²) in [6, 6.07) is 10.4. The van der Waals surface area contributed by atoms with Crippen molar-refractivity contribution in [3.8, 4) is 0 Å². The number of rotatable bonds is 5. The Bertz CT molecular complexity index is 331. The second kappa shape index (κ2) is 6.02. The summed E-state index contributed by atoms with van der Waals surface area (Å²) in [5, 5.41) is 0. The quantitative estimate of drug-likeness (QED) is 0.712. The lowest BCUT2D eigenvalue weighted by atomic mass is 9.88. The van der Waals surface area contributed by atoms with Crippen molar-refractivity contribution in [3.63, 3.8) is 0 Å². The molecule has 2 heteroatoms. The zero-order valence-corrected chi connectivity index (χ0v) is 12.8. The molecular weight excluding hydrogens is 212 g/mol. The molecule has 0 aromatic heterocycles. The van der Waals surface area contributed by atoms with Gasteiger partial charge in [0.2, 0.25) is 0 Å². The van der Waals surface area contributed by atoms with Crippen LogP contribution in [0.5, 0.6) is 0 Å². The highest BCUT2D eigenvalue weighted by molar-refractivity contribution is 5.98. The predicted octanol–water partition coefficient (Wildman–Crippen LogP) is 2.95. The minimum absolute atomic E-state index is 0.0396. The van der Waals surface area contributed by atoms with Gasteiger partial charge in [-0.15, -0.1) is 0 Å². The van der Waals surface area contributed by atoms with Crippen molar-refractivity contribution in [2.24, 2.45) is 0 Å². The molecule has 1 nitrogen and oxygen atoms in total. The fourth-order valence-electron chi connectivity index (χ4n) is 2.19. The first-order valence-electron chi connectivity index (χ1n) is 5.97. The van der Waals surface area contributed by atoms with Crippen molar-refractivity contribution >= 4 is 16.6 Å². The Kier molecular flexibility index (Phi) is 4.96. The maximum Gasteiger partial charge on any atom is 0.147 e. The number of benzene rings is 1. The maximum atomic E-state index is 5.84. The molecule has 0 N–H and O–H groups in total. The SMILES string of the molecule is CCC(CC)(O[SiH3])C(C)=Cc1ccccc1. The van der Waals surface area contributed by atoms with E-state index in [2.05, 4.69) is 51.1 Å². The van der Waals surface area contributed by atoms with Gasteiger partial charge in [0.05, 0.1) is 5.60 Å². The molecule has 0 aliphatic heterocycles. The molecule has 0 heterocycles. The largest absolute Gasteiger partial charge is 0.419 e. The fraction of sp³-hybridized carbons (Fsp3) is 0.429. The van der Waals surface area contributed by atoms with E-state index in [0.29, 0.717) is 0 Å². The third kappa shape index (κ3) is 2.83. The predicted molar refractivity (Wildman–Crippen MR) is 74.4 cm³/mol. The molecule has 0 spiro atoms. The van der Waals surface area contributed by atoms with Crippen molar-refractivity contribution in [2.45, 2.75) is 39.2 Å². The molecule has 0 saturated heterocycles. The van der Waals surface area contributed by atoms with Crippen LogP contribution in [0.1, 0.15) is 39.2 Å². The van der Waals surface area contributed by atoms with Gasteiger partial charge in [0, 0.05) is 0 Å². The molecule has 16 heavy (non-hydrogen) atoms. The van der Waals surface area contributed by atoms with Gasteiger partial charge in [-0.05, 0) is 30.9 Å². The zero-order chi connectivity index (χ0) is 12.0. The lowest BCUT2D eigenvalue weighted by molar-refractivity contribution is 0.112. The normalized spacial score (nSPS) is 13.1. The highest BCUT2D eigenvalue weighted by atomic mass is 28.2. The van der Waals surface area contributed by atoms with Crippen LogP contribution in [-0.4, -0.2) is 16.1 Å². The van der Waals surface area contributed by atoms with Crippen molar-refractivity contribution in [1.82, 2.24) is 0 Å². The summed E-state index contributed by atoms with van der Waals surface area (Å²) in [6.07, 6.45) is 4.33. The van der Waals surface area contributed by atoms with E-state index >= 15 is 0 Å². The van der Waals surface area contributed by atoms with Crippen molar-refractivity contribution in [2.75, 3.05) is 0 Å². The Labute approximate surface area is 102 Å². The molecule has 0 atom stereocenters. The Morgan fingerprint density at radius 1 is 1.25 bits per heavy atom. The van der Waals surface area contributed by atoms with Crippen LogP contribution in [0, 0.1) is 0 Å². The molecule has 0 aliphatic carbocycles. The van der Waals surface area contributed by atoms with Gasteiger partial charge in [-0.2, -0.15) is 0 Å². The third-order valence-corrected chi connectivity index (χ3v) is 4.22. The van der Waals surface area contributed by atoms with E-state index in [4.69, 9.17) is 4.43 Å². The molecule has 0 amide bonds. The van der Waals surface area contributed by atoms with Crippen molar-refractivity contribution < 1.29 is 4.43 Å². The van der Waals surface area contributed by atoms with E-state index in [1.54, 1.807) is 0 Å². The average molecular weight is 234 g/mol. The minimum atomic E-state index is -0.0396. The molecule has 88 valence electrons. The van der Waals surface area contributed by atoms with Gasteiger partial charge in [-0.25, -0.2) is 0 Å². The van der Waals surface area contributed by atoms with Crippen LogP contribution in [0.25, 0.3) is 6.08 Å². The van der Waals surface area contributed by atoms with Crippen LogP contribution in [0.2, 0.25) is 0 Å². The Balaban J connectivity index is 2.99. The van der Waals surface area contributed by atoms with Crippen LogP contribution < -0.4 is 0 Å². The average Bonchev–Trinajstić information content (AvgIpc) is 2.33. The molecule has 1 rings (SSSR count). The Morgan fingerprint density at radius 2 is 1.81 bits per heavy atom. The summed E-state index contributed by atoms with van der Waals surface area (Å²) in [7, 11) is 0.789. The summed E-state index contributed by atoms with van der Waals surface area (Å²) in [5.41, 5.74) is 2.55. The van der Waals surface area contributed by atoms with Crippen LogP contribution in [0.4, 0.5) is 0 Å². The third-order valence-electron chi connectivity index (χ3n) is 3.43. The topological polar surface area (TPSA) is 9.23 Å². The van der Waals surface area contributed by atoms with E-state index < -0.39 is 0 Å². The van der Waals surface area contributed by atoms with Gasteiger partial charge < -0.3 is 4.43 Å². The van der Waals surface area contributed by atoms with Gasteiger partial charge in [-0.1, -0.05) is 50.3 Å². The van der Waals surface area contributed by atoms with E-state index in [1.807, 2.05) is 6.07 Å². The fourth-order valence-corrected chi connectivity index (χ4v) is 3.09. The second-order valence-electron chi connectivity index (χ2n) is 4.14. The molecule has 1 aromatic rings. The van der Waals surface area contributed by atoms with Crippen LogP contribution in [-0.2, 0) is 4.43 Å². The van der Waals surface area contributed by atoms with Gasteiger partial charge in [0.15, 0.2) is 0 Å². The molecular formula is C14H22OSi. The lowest BCUT2D eigenvalue weighted by Crippen LogP contribution is -2.31. The maximum absolute atomic E-state index is 5.84. The first-order chi connectivity index (χ1) is 7.68. The summed E-state index contributed by atoms with van der Waals surface area (Å²) in [5.74, 6) is 0. The van der Waals surface area contributed by atoms with Gasteiger partial charge in [-0.3, -0.25) is 0 Å². The summed E-state index contributed by atoms with van der Waals surface area (Å²) < 4.78 is 5.84.